The van der Waals surface area contributed by atoms with Crippen molar-refractivity contribution in [2.45, 2.75) is 0 Å². The third-order valence-corrected chi connectivity index (χ3v) is 3.72. The van der Waals surface area contributed by atoms with E-state index in [4.69, 9.17) is 26.3 Å². The maximum Gasteiger partial charge on any atom is 0.230 e. The van der Waals surface area contributed by atoms with Crippen LogP contribution in [0.5, 0.6) is 0 Å². The maximum absolute atomic E-state index is 13.2. The first kappa shape index (κ1) is 13.2. The van der Waals surface area contributed by atoms with Crippen LogP contribution < -0.4 is 5.73 Å². The van der Waals surface area contributed by atoms with Gasteiger partial charge in [0.25, 0.3) is 0 Å². The summed E-state index contributed by atoms with van der Waals surface area (Å²) in [5.74, 6) is -0.332. The van der Waals surface area contributed by atoms with Gasteiger partial charge in [-0.15, -0.1) is 0 Å². The Kier molecular flexibility index (Phi) is 3.27. The third kappa shape index (κ3) is 2.10. The Morgan fingerprint density at radius 1 is 1.25 bits per heavy atom. The fraction of sp³-hybridized carbons (Fsp3) is 0. The van der Waals surface area contributed by atoms with Crippen LogP contribution in [-0.2, 0) is 0 Å². The Labute approximate surface area is 126 Å². The summed E-state index contributed by atoms with van der Waals surface area (Å²) < 4.78 is 23.8. The molecule has 20 heavy (non-hydrogen) atoms. The fourth-order valence-corrected chi connectivity index (χ4v) is 2.59. The molecule has 0 atom stereocenters. The first-order valence-electron chi connectivity index (χ1n) is 5.52. The van der Waals surface area contributed by atoms with Crippen LogP contribution >= 0.6 is 27.5 Å². The molecule has 2 aromatic heterocycles. The second-order valence-electron chi connectivity index (χ2n) is 4.00. The van der Waals surface area contributed by atoms with Crippen molar-refractivity contribution in [1.29, 1.82) is 0 Å². The summed E-state index contributed by atoms with van der Waals surface area (Å²) in [6.45, 7) is 0. The molecule has 0 saturated heterocycles. The smallest absolute Gasteiger partial charge is 0.230 e. The summed E-state index contributed by atoms with van der Waals surface area (Å²) in [6, 6.07) is 5.74. The van der Waals surface area contributed by atoms with E-state index in [0.29, 0.717) is 27.1 Å². The predicted molar refractivity (Wildman–Crippen MR) is 76.7 cm³/mol. The molecule has 3 aromatic rings. The molecule has 102 valence electrons. The van der Waals surface area contributed by atoms with Crippen LogP contribution in [0.15, 0.2) is 44.1 Å². The molecule has 2 N–H and O–H groups in total. The van der Waals surface area contributed by atoms with Crippen molar-refractivity contribution in [3.63, 3.8) is 0 Å². The summed E-state index contributed by atoms with van der Waals surface area (Å²) >= 11 is 9.33. The molecule has 3 rings (SSSR count). The normalized spacial score (nSPS) is 10.9. The highest BCUT2D eigenvalue weighted by atomic mass is 79.9. The number of furan rings is 1. The highest BCUT2D eigenvalue weighted by molar-refractivity contribution is 9.10. The minimum absolute atomic E-state index is 0.0987. The minimum Gasteiger partial charge on any atom is -0.457 e. The highest BCUT2D eigenvalue weighted by Gasteiger charge is 2.22. The van der Waals surface area contributed by atoms with Gasteiger partial charge in [0.2, 0.25) is 5.88 Å². The van der Waals surface area contributed by atoms with Gasteiger partial charge in [-0.25, -0.2) is 4.39 Å². The van der Waals surface area contributed by atoms with Crippen LogP contribution in [0, 0.1) is 5.82 Å². The Bertz CT molecular complexity index is 785. The Balaban J connectivity index is 2.24. The van der Waals surface area contributed by atoms with Crippen LogP contribution in [0.3, 0.4) is 0 Å². The zero-order chi connectivity index (χ0) is 14.3. The molecule has 4 nitrogen and oxygen atoms in total. The standard InChI is InChI=1S/C13H7BrClFN2O2/c14-12-8(3-4-19-12)11-10(13(17)20-18-11)7-2-1-6(16)5-9(7)15/h1-5H,17H2. The van der Waals surface area contributed by atoms with Gasteiger partial charge in [-0.3, -0.25) is 0 Å². The lowest BCUT2D eigenvalue weighted by atomic mass is 10.0. The van der Waals surface area contributed by atoms with Gasteiger partial charge >= 0.3 is 0 Å². The van der Waals surface area contributed by atoms with Crippen molar-refractivity contribution < 1.29 is 13.3 Å². The Hall–Kier alpha value is -1.79. The number of rotatable bonds is 2. The number of aromatic nitrogens is 1. The molecule has 0 radical (unpaired) electrons. The number of benzene rings is 1. The lowest BCUT2D eigenvalue weighted by Crippen LogP contribution is -1.89. The van der Waals surface area contributed by atoms with E-state index in [1.807, 2.05) is 0 Å². The predicted octanol–water partition coefficient (Wildman–Crippen LogP) is 4.74. The minimum atomic E-state index is -0.431. The van der Waals surface area contributed by atoms with E-state index in [-0.39, 0.29) is 10.9 Å². The summed E-state index contributed by atoms with van der Waals surface area (Å²) in [5, 5.41) is 4.14. The van der Waals surface area contributed by atoms with Gasteiger partial charge in [0.05, 0.1) is 22.4 Å². The lowest BCUT2D eigenvalue weighted by Gasteiger charge is -2.04. The molecule has 0 aliphatic rings. The van der Waals surface area contributed by atoms with Crippen molar-refractivity contribution >= 4 is 33.4 Å². The van der Waals surface area contributed by atoms with Crippen LogP contribution in [0.1, 0.15) is 0 Å². The van der Waals surface area contributed by atoms with Crippen molar-refractivity contribution in [3.05, 3.63) is 46.0 Å². The first-order valence-corrected chi connectivity index (χ1v) is 6.69. The van der Waals surface area contributed by atoms with Crippen molar-refractivity contribution in [2.24, 2.45) is 0 Å². The number of nitrogens with zero attached hydrogens (tertiary/aromatic N) is 1. The van der Waals surface area contributed by atoms with E-state index >= 15 is 0 Å². The quantitative estimate of drug-likeness (QED) is 0.719. The van der Waals surface area contributed by atoms with Gasteiger partial charge < -0.3 is 14.7 Å². The highest BCUT2D eigenvalue weighted by Crippen LogP contribution is 2.42. The molecule has 0 amide bonds. The van der Waals surface area contributed by atoms with E-state index in [9.17, 15) is 4.39 Å². The van der Waals surface area contributed by atoms with E-state index < -0.39 is 5.82 Å². The molecule has 0 bridgehead atoms. The van der Waals surface area contributed by atoms with Gasteiger partial charge in [-0.2, -0.15) is 0 Å². The summed E-state index contributed by atoms with van der Waals surface area (Å²) in [7, 11) is 0. The number of anilines is 1. The molecule has 2 heterocycles. The molecule has 0 aliphatic heterocycles. The second kappa shape index (κ2) is 4.96. The monoisotopic (exact) mass is 356 g/mol. The third-order valence-electron chi connectivity index (χ3n) is 2.79. The van der Waals surface area contributed by atoms with Gasteiger partial charge in [0.1, 0.15) is 11.5 Å². The largest absolute Gasteiger partial charge is 0.457 e. The Morgan fingerprint density at radius 3 is 2.70 bits per heavy atom. The van der Waals surface area contributed by atoms with Crippen molar-refractivity contribution in [1.82, 2.24) is 5.16 Å². The SMILES string of the molecule is Nc1onc(-c2ccoc2Br)c1-c1ccc(F)cc1Cl. The first-order chi connectivity index (χ1) is 9.58. The van der Waals surface area contributed by atoms with Gasteiger partial charge in [0.15, 0.2) is 4.67 Å². The zero-order valence-electron chi connectivity index (χ0n) is 9.86. The van der Waals surface area contributed by atoms with E-state index in [1.165, 1.54) is 24.5 Å². The van der Waals surface area contributed by atoms with Gasteiger partial charge in [-0.1, -0.05) is 16.8 Å². The molecular formula is C13H7BrClFN2O2. The molecule has 0 aliphatic carbocycles. The number of hydrogen-bond donors (Lipinski definition) is 1. The summed E-state index contributed by atoms with van der Waals surface area (Å²) in [5.41, 5.74) is 7.98. The van der Waals surface area contributed by atoms with E-state index in [1.54, 1.807) is 6.07 Å². The molecule has 0 fully saturated rings. The van der Waals surface area contributed by atoms with E-state index in [2.05, 4.69) is 21.1 Å². The second-order valence-corrected chi connectivity index (χ2v) is 5.13. The number of halogens is 3. The van der Waals surface area contributed by atoms with E-state index in [0.717, 1.165) is 0 Å². The van der Waals surface area contributed by atoms with Crippen LogP contribution in [-0.4, -0.2) is 5.16 Å². The fourth-order valence-electron chi connectivity index (χ4n) is 1.90. The molecular weight excluding hydrogens is 351 g/mol. The van der Waals surface area contributed by atoms with Crippen LogP contribution in [0.4, 0.5) is 10.3 Å². The van der Waals surface area contributed by atoms with Crippen molar-refractivity contribution in [2.75, 3.05) is 5.73 Å². The van der Waals surface area contributed by atoms with Crippen LogP contribution in [0.25, 0.3) is 22.4 Å². The van der Waals surface area contributed by atoms with Crippen LogP contribution in [0.2, 0.25) is 5.02 Å². The molecule has 7 heteroatoms. The number of nitrogen functional groups attached to an aromatic ring is 1. The molecule has 0 unspecified atom stereocenters. The number of nitrogens with two attached hydrogens (primary N) is 1. The van der Waals surface area contributed by atoms with Gasteiger partial charge in [-0.05, 0) is 40.2 Å². The lowest BCUT2D eigenvalue weighted by molar-refractivity contribution is 0.439. The van der Waals surface area contributed by atoms with Crippen molar-refractivity contribution in [3.8, 4) is 22.4 Å². The summed E-state index contributed by atoms with van der Waals surface area (Å²) in [6.07, 6.45) is 1.50. The summed E-state index contributed by atoms with van der Waals surface area (Å²) in [4.78, 5) is 0. The Morgan fingerprint density at radius 2 is 2.05 bits per heavy atom. The zero-order valence-corrected chi connectivity index (χ0v) is 12.2. The molecule has 0 spiro atoms. The van der Waals surface area contributed by atoms with Gasteiger partial charge in [0, 0.05) is 5.56 Å². The maximum atomic E-state index is 13.2. The average Bonchev–Trinajstić information content (AvgIpc) is 2.96. The number of hydrogen-bond acceptors (Lipinski definition) is 4. The average molecular weight is 358 g/mol. The molecule has 1 aromatic carbocycles. The molecule has 0 saturated carbocycles. The topological polar surface area (TPSA) is 65.2 Å².